The van der Waals surface area contributed by atoms with Crippen molar-refractivity contribution < 1.29 is 17.0 Å². The maximum atomic E-state index is 6.13. The van der Waals surface area contributed by atoms with Crippen molar-refractivity contribution in [3.05, 3.63) is 29.3 Å². The third-order valence-corrected chi connectivity index (χ3v) is 3.47. The van der Waals surface area contributed by atoms with E-state index in [0.717, 1.165) is 12.1 Å². The molecule has 0 amide bonds. The summed E-state index contributed by atoms with van der Waals surface area (Å²) >= 11 is 5.95. The Morgan fingerprint density at radius 1 is 1.29 bits per heavy atom. The molecule has 1 atom stereocenters. The summed E-state index contributed by atoms with van der Waals surface area (Å²) in [6, 6.07) is 7.52. The SMILES string of the molecule is CC(C)CC1(C)N=C(N)NC(N)=[N+]1c1ccc(Cl)cc1.[Cl-]. The van der Waals surface area contributed by atoms with Gasteiger partial charge in [0, 0.05) is 11.4 Å². The van der Waals surface area contributed by atoms with Crippen molar-refractivity contribution >= 4 is 29.2 Å². The van der Waals surface area contributed by atoms with Crippen LogP contribution >= 0.6 is 11.6 Å². The molecule has 0 radical (unpaired) electrons. The predicted octanol–water partition coefficient (Wildman–Crippen LogP) is -1.02. The first-order chi connectivity index (χ1) is 9.32. The van der Waals surface area contributed by atoms with Gasteiger partial charge in [-0.25, -0.2) is 9.89 Å². The van der Waals surface area contributed by atoms with Gasteiger partial charge >= 0.3 is 5.96 Å². The van der Waals surface area contributed by atoms with Gasteiger partial charge in [-0.15, -0.1) is 0 Å². The number of rotatable bonds is 3. The van der Waals surface area contributed by atoms with E-state index >= 15 is 0 Å². The Bertz CT molecular complexity index is 565. The largest absolute Gasteiger partial charge is 1.00 e. The van der Waals surface area contributed by atoms with Gasteiger partial charge in [-0.1, -0.05) is 25.4 Å². The van der Waals surface area contributed by atoms with Crippen LogP contribution in [0.4, 0.5) is 5.69 Å². The average molecular weight is 330 g/mol. The molecule has 7 heteroatoms. The van der Waals surface area contributed by atoms with E-state index in [1.807, 2.05) is 35.8 Å². The van der Waals surface area contributed by atoms with Crippen LogP contribution in [0, 0.1) is 5.92 Å². The molecule has 5 N–H and O–H groups in total. The van der Waals surface area contributed by atoms with Crippen molar-refractivity contribution in [1.82, 2.24) is 5.32 Å². The zero-order valence-electron chi connectivity index (χ0n) is 12.4. The van der Waals surface area contributed by atoms with Gasteiger partial charge in [0.2, 0.25) is 0 Å². The van der Waals surface area contributed by atoms with E-state index in [1.165, 1.54) is 0 Å². The average Bonchev–Trinajstić information content (AvgIpc) is 2.28. The molecule has 1 aromatic carbocycles. The van der Waals surface area contributed by atoms with Gasteiger partial charge in [0.05, 0.1) is 0 Å². The number of hydrogen-bond acceptors (Lipinski definition) is 4. The van der Waals surface area contributed by atoms with Gasteiger partial charge in [0.25, 0.3) is 5.96 Å². The lowest BCUT2D eigenvalue weighted by molar-refractivity contribution is -0.535. The third kappa shape index (κ3) is 3.80. The molecule has 0 bridgehead atoms. The molecule has 1 unspecified atom stereocenters. The highest BCUT2D eigenvalue weighted by atomic mass is 35.5. The van der Waals surface area contributed by atoms with Crippen molar-refractivity contribution in [2.75, 3.05) is 0 Å². The summed E-state index contributed by atoms with van der Waals surface area (Å²) in [6.07, 6.45) is 0.832. The van der Waals surface area contributed by atoms with E-state index < -0.39 is 5.66 Å². The summed E-state index contributed by atoms with van der Waals surface area (Å²) in [6.45, 7) is 6.33. The van der Waals surface area contributed by atoms with Crippen LogP contribution in [0.3, 0.4) is 0 Å². The zero-order valence-corrected chi connectivity index (χ0v) is 13.9. The van der Waals surface area contributed by atoms with Gasteiger partial charge in [-0.3, -0.25) is 5.73 Å². The van der Waals surface area contributed by atoms with E-state index in [1.54, 1.807) is 0 Å². The lowest BCUT2D eigenvalue weighted by Crippen LogP contribution is -3.00. The molecule has 0 spiro atoms. The molecule has 2 rings (SSSR count). The van der Waals surface area contributed by atoms with Gasteiger partial charge in [0.1, 0.15) is 5.69 Å². The van der Waals surface area contributed by atoms with Crippen molar-refractivity contribution in [2.24, 2.45) is 22.4 Å². The summed E-state index contributed by atoms with van der Waals surface area (Å²) in [4.78, 5) is 4.56. The van der Waals surface area contributed by atoms with E-state index in [4.69, 9.17) is 23.1 Å². The highest BCUT2D eigenvalue weighted by Crippen LogP contribution is 2.30. The topological polar surface area (TPSA) is 79.4 Å². The van der Waals surface area contributed by atoms with Gasteiger partial charge in [-0.2, -0.15) is 4.99 Å². The van der Waals surface area contributed by atoms with Gasteiger partial charge in [0.15, 0.2) is 5.66 Å². The molecule has 0 aromatic heterocycles. The molecular formula is C14H21Cl2N5. The standard InChI is InChI=1S/C14H20ClN5.ClH/c1-9(2)8-14(3)19-12(16)18-13(17)20(14)11-6-4-10(15)5-7-11;/h4-7,9H,8H2,1-3H3,(H4,16,17,18,19);1H. The Labute approximate surface area is 136 Å². The summed E-state index contributed by atoms with van der Waals surface area (Å²) in [5, 5.41) is 3.57. The molecule has 1 heterocycles. The fraction of sp³-hybridized carbons (Fsp3) is 0.429. The van der Waals surface area contributed by atoms with Crippen LogP contribution in [-0.4, -0.2) is 22.2 Å². The van der Waals surface area contributed by atoms with Crippen LogP contribution in [0.5, 0.6) is 0 Å². The number of benzene rings is 1. The summed E-state index contributed by atoms with van der Waals surface area (Å²) < 4.78 is 1.96. The Morgan fingerprint density at radius 2 is 1.86 bits per heavy atom. The number of aliphatic imine (C=N–C) groups is 1. The lowest BCUT2D eigenvalue weighted by Gasteiger charge is -2.33. The van der Waals surface area contributed by atoms with Gasteiger partial charge in [-0.05, 0) is 37.1 Å². The summed E-state index contributed by atoms with van der Waals surface area (Å²) in [5.41, 5.74) is 12.4. The molecule has 1 aliphatic rings. The lowest BCUT2D eigenvalue weighted by atomic mass is 9.97. The van der Waals surface area contributed by atoms with Crippen LogP contribution in [-0.2, 0) is 0 Å². The minimum atomic E-state index is -0.512. The molecule has 0 saturated heterocycles. The fourth-order valence-corrected chi connectivity index (χ4v) is 2.83. The first-order valence-corrected chi connectivity index (χ1v) is 7.00. The van der Waals surface area contributed by atoms with Crippen LogP contribution in [0.25, 0.3) is 0 Å². The second-order valence-electron chi connectivity index (χ2n) is 5.63. The number of nitrogens with one attached hydrogen (secondary N) is 1. The molecule has 116 valence electrons. The van der Waals surface area contributed by atoms with Crippen LogP contribution in [0.15, 0.2) is 29.3 Å². The summed E-state index contributed by atoms with van der Waals surface area (Å²) in [5.74, 6) is 1.27. The summed E-state index contributed by atoms with van der Waals surface area (Å²) in [7, 11) is 0. The predicted molar refractivity (Wildman–Crippen MR) is 83.2 cm³/mol. The molecule has 1 aromatic rings. The molecule has 1 aliphatic heterocycles. The maximum absolute atomic E-state index is 6.13. The molecule has 0 saturated carbocycles. The first-order valence-electron chi connectivity index (χ1n) is 6.62. The number of hydrogen-bond donors (Lipinski definition) is 3. The highest BCUT2D eigenvalue weighted by molar-refractivity contribution is 6.30. The van der Waals surface area contributed by atoms with E-state index in [2.05, 4.69) is 24.2 Å². The molecule has 0 fully saturated rings. The Balaban J connectivity index is 0.00000220. The molecule has 0 aliphatic carbocycles. The van der Waals surface area contributed by atoms with Gasteiger partial charge < -0.3 is 18.1 Å². The van der Waals surface area contributed by atoms with Crippen LogP contribution in [0.2, 0.25) is 5.02 Å². The smallest absolute Gasteiger partial charge is 0.357 e. The molecule has 21 heavy (non-hydrogen) atoms. The second-order valence-corrected chi connectivity index (χ2v) is 6.07. The highest BCUT2D eigenvalue weighted by Gasteiger charge is 2.39. The number of nitrogens with two attached hydrogens (primary N) is 2. The normalized spacial score (nSPS) is 21.7. The zero-order chi connectivity index (χ0) is 14.9. The fourth-order valence-electron chi connectivity index (χ4n) is 2.70. The number of guanidine groups is 2. The third-order valence-electron chi connectivity index (χ3n) is 3.22. The first kappa shape index (κ1) is 17.6. The van der Waals surface area contributed by atoms with Crippen LogP contribution < -0.4 is 29.2 Å². The second kappa shape index (κ2) is 6.54. The minimum Gasteiger partial charge on any atom is -1.00 e. The Hall–Kier alpha value is -1.46. The number of halogens is 2. The van der Waals surface area contributed by atoms with Crippen molar-refractivity contribution in [2.45, 2.75) is 32.9 Å². The van der Waals surface area contributed by atoms with Crippen molar-refractivity contribution in [3.63, 3.8) is 0 Å². The monoisotopic (exact) mass is 329 g/mol. The molecular weight excluding hydrogens is 309 g/mol. The quantitative estimate of drug-likeness (QED) is 0.621. The Kier molecular flexibility index (Phi) is 5.48. The van der Waals surface area contributed by atoms with Crippen LogP contribution in [0.1, 0.15) is 27.2 Å². The van der Waals surface area contributed by atoms with E-state index in [-0.39, 0.29) is 12.4 Å². The minimum absolute atomic E-state index is 0. The maximum Gasteiger partial charge on any atom is 0.357 e. The number of nitrogens with zero attached hydrogens (tertiary/aromatic N) is 2. The van der Waals surface area contributed by atoms with Crippen molar-refractivity contribution in [1.29, 1.82) is 0 Å². The van der Waals surface area contributed by atoms with E-state index in [9.17, 15) is 0 Å². The van der Waals surface area contributed by atoms with E-state index in [0.29, 0.717) is 22.9 Å². The Morgan fingerprint density at radius 3 is 2.38 bits per heavy atom. The van der Waals surface area contributed by atoms with Crippen molar-refractivity contribution in [3.8, 4) is 0 Å². The molecule has 5 nitrogen and oxygen atoms in total.